The summed E-state index contributed by atoms with van der Waals surface area (Å²) in [6.45, 7) is 4.94. The second-order valence-corrected chi connectivity index (χ2v) is 4.21. The van der Waals surface area contributed by atoms with E-state index < -0.39 is 0 Å². The molecular formula is C10H19N. The van der Waals surface area contributed by atoms with Crippen LogP contribution in [0.3, 0.4) is 0 Å². The first-order valence-electron chi connectivity index (χ1n) is 5.12. The molecule has 0 aromatic heterocycles. The van der Waals surface area contributed by atoms with Gasteiger partial charge in [0.25, 0.3) is 0 Å². The van der Waals surface area contributed by atoms with Crippen molar-refractivity contribution in [1.29, 1.82) is 0 Å². The third-order valence-electron chi connectivity index (χ3n) is 3.57. The SMILES string of the molecule is CCCC1CCC2CNCC12. The van der Waals surface area contributed by atoms with E-state index in [9.17, 15) is 0 Å². The quantitative estimate of drug-likeness (QED) is 0.640. The monoisotopic (exact) mass is 153 g/mol. The molecule has 0 aromatic carbocycles. The lowest BCUT2D eigenvalue weighted by atomic mass is 9.89. The fourth-order valence-electron chi connectivity index (χ4n) is 2.99. The highest BCUT2D eigenvalue weighted by Gasteiger charge is 2.37. The molecule has 1 saturated heterocycles. The molecule has 0 radical (unpaired) electrons. The topological polar surface area (TPSA) is 12.0 Å². The minimum atomic E-state index is 1.05. The van der Waals surface area contributed by atoms with Gasteiger partial charge in [0.1, 0.15) is 0 Å². The third kappa shape index (κ3) is 1.31. The van der Waals surface area contributed by atoms with E-state index >= 15 is 0 Å². The Morgan fingerprint density at radius 1 is 1.27 bits per heavy atom. The largest absolute Gasteiger partial charge is 0.316 e. The lowest BCUT2D eigenvalue weighted by molar-refractivity contribution is 0.353. The summed E-state index contributed by atoms with van der Waals surface area (Å²) in [7, 11) is 0. The van der Waals surface area contributed by atoms with Gasteiger partial charge in [-0.25, -0.2) is 0 Å². The molecule has 0 bridgehead atoms. The van der Waals surface area contributed by atoms with Crippen LogP contribution in [0.4, 0.5) is 0 Å². The summed E-state index contributed by atoms with van der Waals surface area (Å²) in [6.07, 6.45) is 5.88. The summed E-state index contributed by atoms with van der Waals surface area (Å²) in [5, 5.41) is 3.51. The van der Waals surface area contributed by atoms with Crippen molar-refractivity contribution in [3.05, 3.63) is 0 Å². The molecule has 1 heterocycles. The average molecular weight is 153 g/mol. The molecule has 1 heteroatoms. The number of rotatable bonds is 2. The minimum Gasteiger partial charge on any atom is -0.316 e. The normalized spacial score (nSPS) is 42.8. The molecule has 2 fully saturated rings. The summed E-state index contributed by atoms with van der Waals surface area (Å²) >= 11 is 0. The van der Waals surface area contributed by atoms with Gasteiger partial charge in [-0.15, -0.1) is 0 Å². The first-order valence-corrected chi connectivity index (χ1v) is 5.12. The molecule has 2 rings (SSSR count). The predicted molar refractivity (Wildman–Crippen MR) is 47.5 cm³/mol. The van der Waals surface area contributed by atoms with Gasteiger partial charge in [0.2, 0.25) is 0 Å². The smallest absolute Gasteiger partial charge is 0.00146 e. The maximum absolute atomic E-state index is 3.51. The number of hydrogen-bond donors (Lipinski definition) is 1. The molecule has 1 aliphatic heterocycles. The average Bonchev–Trinajstić information content (AvgIpc) is 2.53. The zero-order chi connectivity index (χ0) is 7.68. The molecule has 2 aliphatic rings. The molecule has 3 atom stereocenters. The summed E-state index contributed by atoms with van der Waals surface area (Å²) in [6, 6.07) is 0. The molecule has 1 saturated carbocycles. The lowest BCUT2D eigenvalue weighted by Crippen LogP contribution is -2.15. The maximum Gasteiger partial charge on any atom is -0.00146 e. The Morgan fingerprint density at radius 2 is 2.18 bits per heavy atom. The predicted octanol–water partition coefficient (Wildman–Crippen LogP) is 2.03. The Bertz CT molecular complexity index is 131. The van der Waals surface area contributed by atoms with E-state index in [1.807, 2.05) is 0 Å². The minimum absolute atomic E-state index is 1.05. The Labute approximate surface area is 69.6 Å². The number of hydrogen-bond acceptors (Lipinski definition) is 1. The van der Waals surface area contributed by atoms with E-state index in [-0.39, 0.29) is 0 Å². The van der Waals surface area contributed by atoms with Crippen LogP contribution in [0.5, 0.6) is 0 Å². The number of nitrogens with one attached hydrogen (secondary N) is 1. The van der Waals surface area contributed by atoms with Gasteiger partial charge in [-0.1, -0.05) is 19.8 Å². The first kappa shape index (κ1) is 7.60. The zero-order valence-corrected chi connectivity index (χ0v) is 7.47. The van der Waals surface area contributed by atoms with E-state index in [1.54, 1.807) is 0 Å². The molecule has 0 amide bonds. The van der Waals surface area contributed by atoms with E-state index in [0.717, 1.165) is 17.8 Å². The molecule has 3 unspecified atom stereocenters. The van der Waals surface area contributed by atoms with Crippen LogP contribution in [0, 0.1) is 17.8 Å². The van der Waals surface area contributed by atoms with E-state index in [4.69, 9.17) is 0 Å². The highest BCUT2D eigenvalue weighted by Crippen LogP contribution is 2.41. The molecule has 0 aromatic rings. The Morgan fingerprint density at radius 3 is 3.00 bits per heavy atom. The lowest BCUT2D eigenvalue weighted by Gasteiger charge is -2.16. The van der Waals surface area contributed by atoms with Crippen molar-refractivity contribution in [3.63, 3.8) is 0 Å². The van der Waals surface area contributed by atoms with Gasteiger partial charge < -0.3 is 5.32 Å². The van der Waals surface area contributed by atoms with Crippen molar-refractivity contribution in [2.45, 2.75) is 32.6 Å². The van der Waals surface area contributed by atoms with Gasteiger partial charge in [-0.2, -0.15) is 0 Å². The fourth-order valence-corrected chi connectivity index (χ4v) is 2.99. The van der Waals surface area contributed by atoms with Crippen LogP contribution in [0.25, 0.3) is 0 Å². The van der Waals surface area contributed by atoms with Gasteiger partial charge in [0.05, 0.1) is 0 Å². The molecule has 1 aliphatic carbocycles. The molecular weight excluding hydrogens is 134 g/mol. The summed E-state index contributed by atoms with van der Waals surface area (Å²) < 4.78 is 0. The van der Waals surface area contributed by atoms with Crippen LogP contribution in [0.1, 0.15) is 32.6 Å². The zero-order valence-electron chi connectivity index (χ0n) is 7.47. The van der Waals surface area contributed by atoms with Gasteiger partial charge in [0, 0.05) is 0 Å². The van der Waals surface area contributed by atoms with E-state index in [1.165, 1.54) is 38.8 Å². The molecule has 64 valence electrons. The highest BCUT2D eigenvalue weighted by atomic mass is 14.9. The summed E-state index contributed by atoms with van der Waals surface area (Å²) in [5.74, 6) is 3.17. The van der Waals surface area contributed by atoms with Crippen LogP contribution in [-0.4, -0.2) is 13.1 Å². The third-order valence-corrected chi connectivity index (χ3v) is 3.57. The maximum atomic E-state index is 3.51. The molecule has 11 heavy (non-hydrogen) atoms. The molecule has 0 spiro atoms. The Hall–Kier alpha value is -0.0400. The molecule has 1 N–H and O–H groups in total. The summed E-state index contributed by atoms with van der Waals surface area (Å²) in [5.41, 5.74) is 0. The standard InChI is InChI=1S/C10H19N/c1-2-3-8-4-5-9-6-11-7-10(8)9/h8-11H,2-7H2,1H3. The van der Waals surface area contributed by atoms with Crippen LogP contribution >= 0.6 is 0 Å². The van der Waals surface area contributed by atoms with Crippen molar-refractivity contribution < 1.29 is 0 Å². The van der Waals surface area contributed by atoms with Crippen LogP contribution < -0.4 is 5.32 Å². The molecule has 1 nitrogen and oxygen atoms in total. The van der Waals surface area contributed by atoms with Gasteiger partial charge in [-0.3, -0.25) is 0 Å². The van der Waals surface area contributed by atoms with Crippen molar-refractivity contribution in [3.8, 4) is 0 Å². The second-order valence-electron chi connectivity index (χ2n) is 4.21. The Balaban J connectivity index is 1.92. The van der Waals surface area contributed by atoms with E-state index in [2.05, 4.69) is 12.2 Å². The highest BCUT2D eigenvalue weighted by molar-refractivity contribution is 4.91. The van der Waals surface area contributed by atoms with Crippen LogP contribution in [-0.2, 0) is 0 Å². The second kappa shape index (κ2) is 3.14. The van der Waals surface area contributed by atoms with Crippen LogP contribution in [0.15, 0.2) is 0 Å². The van der Waals surface area contributed by atoms with Crippen molar-refractivity contribution in [1.82, 2.24) is 5.32 Å². The van der Waals surface area contributed by atoms with E-state index in [0.29, 0.717) is 0 Å². The van der Waals surface area contributed by atoms with Gasteiger partial charge in [0.15, 0.2) is 0 Å². The number of fused-ring (bicyclic) bond motifs is 1. The van der Waals surface area contributed by atoms with Crippen LogP contribution in [0.2, 0.25) is 0 Å². The summed E-state index contributed by atoms with van der Waals surface area (Å²) in [4.78, 5) is 0. The van der Waals surface area contributed by atoms with Crippen molar-refractivity contribution in [2.24, 2.45) is 17.8 Å². The fraction of sp³-hybridized carbons (Fsp3) is 1.00. The van der Waals surface area contributed by atoms with Crippen molar-refractivity contribution in [2.75, 3.05) is 13.1 Å². The van der Waals surface area contributed by atoms with Crippen molar-refractivity contribution >= 4 is 0 Å². The van der Waals surface area contributed by atoms with Gasteiger partial charge in [-0.05, 0) is 43.7 Å². The Kier molecular flexibility index (Phi) is 2.17. The van der Waals surface area contributed by atoms with Gasteiger partial charge >= 0.3 is 0 Å². The first-order chi connectivity index (χ1) is 5.42.